The number of hydrogen-bond acceptors (Lipinski definition) is 3. The maximum Gasteiger partial charge on any atom is 0.262 e. The largest absolute Gasteiger partial charge is 0.370 e. The van der Waals surface area contributed by atoms with Gasteiger partial charge in [0.15, 0.2) is 0 Å². The van der Waals surface area contributed by atoms with Crippen molar-refractivity contribution in [3.8, 4) is 0 Å². The van der Waals surface area contributed by atoms with Crippen LogP contribution in [0.1, 0.15) is 48.9 Å². The first-order valence-electron chi connectivity index (χ1n) is 7.45. The van der Waals surface area contributed by atoms with Gasteiger partial charge in [-0.3, -0.25) is 14.4 Å². The summed E-state index contributed by atoms with van der Waals surface area (Å²) in [6.07, 6.45) is 6.91. The lowest BCUT2D eigenvalue weighted by Gasteiger charge is -2.30. The number of nitrogens with one attached hydrogen (secondary N) is 2. The Hall–Kier alpha value is -1.63. The number of rotatable bonds is 5. The summed E-state index contributed by atoms with van der Waals surface area (Å²) in [5, 5.41) is 2.90. The van der Waals surface area contributed by atoms with E-state index in [2.05, 4.69) is 26.2 Å². The molecule has 0 spiro atoms. The van der Waals surface area contributed by atoms with Crippen LogP contribution < -0.4 is 16.6 Å². The quantitative estimate of drug-likeness (QED) is 0.735. The molecule has 1 fully saturated rings. The van der Waals surface area contributed by atoms with Crippen molar-refractivity contribution in [1.82, 2.24) is 10.3 Å². The zero-order valence-electron chi connectivity index (χ0n) is 12.2. The van der Waals surface area contributed by atoms with Crippen LogP contribution in [0.4, 0.5) is 0 Å². The normalized spacial score (nSPS) is 17.0. The molecule has 1 aliphatic carbocycles. The van der Waals surface area contributed by atoms with E-state index in [1.807, 2.05) is 0 Å². The second-order valence-electron chi connectivity index (χ2n) is 5.71. The van der Waals surface area contributed by atoms with Gasteiger partial charge in [0.1, 0.15) is 0 Å². The Morgan fingerprint density at radius 2 is 2.05 bits per heavy atom. The van der Waals surface area contributed by atoms with Gasteiger partial charge in [-0.05, 0) is 40.8 Å². The molecule has 1 aromatic rings. The monoisotopic (exact) mass is 369 g/mol. The van der Waals surface area contributed by atoms with Gasteiger partial charge in [-0.15, -0.1) is 0 Å². The first kappa shape index (κ1) is 16.7. The summed E-state index contributed by atoms with van der Waals surface area (Å²) in [6, 6.07) is 1.21. The minimum Gasteiger partial charge on any atom is -0.370 e. The van der Waals surface area contributed by atoms with Crippen molar-refractivity contribution in [3.63, 3.8) is 0 Å². The van der Waals surface area contributed by atoms with E-state index in [9.17, 15) is 14.4 Å². The standard InChI is InChI=1S/C15H20BrN3O3/c16-11-6-10(8-18-15(11)22)14(21)19-12(7-13(17)20)9-4-2-1-3-5-9/h6,8-9,12H,1-5,7H2,(H2,17,20)(H,18,22)(H,19,21). The Morgan fingerprint density at radius 3 is 2.64 bits per heavy atom. The lowest BCUT2D eigenvalue weighted by Crippen LogP contribution is -2.43. The van der Waals surface area contributed by atoms with Crippen molar-refractivity contribution in [2.24, 2.45) is 11.7 Å². The van der Waals surface area contributed by atoms with Crippen LogP contribution in [0, 0.1) is 5.92 Å². The highest BCUT2D eigenvalue weighted by Crippen LogP contribution is 2.28. The van der Waals surface area contributed by atoms with Crippen molar-refractivity contribution in [3.05, 3.63) is 32.7 Å². The molecule has 0 bridgehead atoms. The number of aromatic nitrogens is 1. The van der Waals surface area contributed by atoms with E-state index in [4.69, 9.17) is 5.73 Å². The Balaban J connectivity index is 2.10. The first-order chi connectivity index (χ1) is 10.5. The third kappa shape index (κ3) is 4.43. The summed E-state index contributed by atoms with van der Waals surface area (Å²) >= 11 is 3.10. The summed E-state index contributed by atoms with van der Waals surface area (Å²) < 4.78 is 0.296. The zero-order valence-corrected chi connectivity index (χ0v) is 13.8. The second kappa shape index (κ2) is 7.58. The number of amides is 2. The number of carbonyl (C=O) groups is 2. The number of halogens is 1. The molecule has 2 rings (SSSR count). The van der Waals surface area contributed by atoms with Crippen LogP contribution >= 0.6 is 15.9 Å². The molecule has 22 heavy (non-hydrogen) atoms. The highest BCUT2D eigenvalue weighted by atomic mass is 79.9. The lowest BCUT2D eigenvalue weighted by atomic mass is 9.82. The molecule has 1 saturated carbocycles. The van der Waals surface area contributed by atoms with Gasteiger partial charge < -0.3 is 16.0 Å². The van der Waals surface area contributed by atoms with Gasteiger partial charge in [-0.2, -0.15) is 0 Å². The maximum atomic E-state index is 12.3. The van der Waals surface area contributed by atoms with Crippen LogP contribution in [-0.2, 0) is 4.79 Å². The van der Waals surface area contributed by atoms with E-state index in [0.717, 1.165) is 25.7 Å². The molecule has 0 saturated heterocycles. The van der Waals surface area contributed by atoms with Gasteiger partial charge in [0.2, 0.25) is 5.91 Å². The Kier molecular flexibility index (Phi) is 5.76. The minimum atomic E-state index is -0.418. The molecule has 0 aromatic carbocycles. The summed E-state index contributed by atoms with van der Waals surface area (Å²) in [4.78, 5) is 37.4. The molecule has 4 N–H and O–H groups in total. The lowest BCUT2D eigenvalue weighted by molar-refractivity contribution is -0.118. The SMILES string of the molecule is NC(=O)CC(NC(=O)c1c[nH]c(=O)c(Br)c1)C1CCCCC1. The number of hydrogen-bond donors (Lipinski definition) is 3. The number of carbonyl (C=O) groups excluding carboxylic acids is 2. The molecular formula is C15H20BrN3O3. The molecule has 2 amide bonds. The molecule has 1 heterocycles. The Labute approximate surface area is 137 Å². The Morgan fingerprint density at radius 1 is 1.36 bits per heavy atom. The fraction of sp³-hybridized carbons (Fsp3) is 0.533. The van der Waals surface area contributed by atoms with Crippen LogP contribution in [-0.4, -0.2) is 22.8 Å². The summed E-state index contributed by atoms with van der Waals surface area (Å²) in [7, 11) is 0. The van der Waals surface area contributed by atoms with Crippen LogP contribution in [0.3, 0.4) is 0 Å². The van der Waals surface area contributed by atoms with E-state index in [0.29, 0.717) is 10.0 Å². The molecule has 0 radical (unpaired) electrons. The number of pyridine rings is 1. The van der Waals surface area contributed by atoms with Crippen molar-refractivity contribution in [1.29, 1.82) is 0 Å². The summed E-state index contributed by atoms with van der Waals surface area (Å²) in [6.45, 7) is 0. The van der Waals surface area contributed by atoms with E-state index < -0.39 is 5.91 Å². The number of nitrogens with two attached hydrogens (primary N) is 1. The van der Waals surface area contributed by atoms with Crippen molar-refractivity contribution in [2.75, 3.05) is 0 Å². The topological polar surface area (TPSA) is 105 Å². The van der Waals surface area contributed by atoms with Crippen LogP contribution in [0.15, 0.2) is 21.5 Å². The third-order valence-corrected chi connectivity index (χ3v) is 4.67. The molecular weight excluding hydrogens is 350 g/mol. The van der Waals surface area contributed by atoms with Crippen molar-refractivity contribution in [2.45, 2.75) is 44.6 Å². The highest BCUT2D eigenvalue weighted by Gasteiger charge is 2.27. The number of primary amides is 1. The Bertz CT molecular complexity index is 608. The number of aromatic amines is 1. The van der Waals surface area contributed by atoms with Gasteiger partial charge in [0, 0.05) is 18.7 Å². The predicted octanol–water partition coefficient (Wildman–Crippen LogP) is 1.69. The predicted molar refractivity (Wildman–Crippen MR) is 86.4 cm³/mol. The molecule has 1 aromatic heterocycles. The molecule has 1 atom stereocenters. The van der Waals surface area contributed by atoms with Crippen LogP contribution in [0.2, 0.25) is 0 Å². The molecule has 7 heteroatoms. The average Bonchev–Trinajstić information content (AvgIpc) is 2.49. The maximum absolute atomic E-state index is 12.3. The van der Waals surface area contributed by atoms with Crippen molar-refractivity contribution >= 4 is 27.7 Å². The van der Waals surface area contributed by atoms with E-state index in [1.165, 1.54) is 18.7 Å². The molecule has 1 unspecified atom stereocenters. The summed E-state index contributed by atoms with van der Waals surface area (Å²) in [5.74, 6) is -0.455. The van der Waals surface area contributed by atoms with Gasteiger partial charge >= 0.3 is 0 Å². The molecule has 6 nitrogen and oxygen atoms in total. The van der Waals surface area contributed by atoms with Gasteiger partial charge in [0.25, 0.3) is 11.5 Å². The molecule has 0 aliphatic heterocycles. The van der Waals surface area contributed by atoms with E-state index in [-0.39, 0.29) is 29.8 Å². The summed E-state index contributed by atoms with van der Waals surface area (Å²) in [5.41, 5.74) is 5.36. The van der Waals surface area contributed by atoms with Crippen LogP contribution in [0.25, 0.3) is 0 Å². The van der Waals surface area contributed by atoms with E-state index >= 15 is 0 Å². The smallest absolute Gasteiger partial charge is 0.262 e. The second-order valence-corrected chi connectivity index (χ2v) is 6.57. The fourth-order valence-electron chi connectivity index (χ4n) is 2.93. The van der Waals surface area contributed by atoms with E-state index in [1.54, 1.807) is 0 Å². The molecule has 120 valence electrons. The third-order valence-electron chi connectivity index (χ3n) is 4.08. The highest BCUT2D eigenvalue weighted by molar-refractivity contribution is 9.10. The average molecular weight is 370 g/mol. The van der Waals surface area contributed by atoms with Gasteiger partial charge in [-0.25, -0.2) is 0 Å². The van der Waals surface area contributed by atoms with Gasteiger partial charge in [-0.1, -0.05) is 19.3 Å². The van der Waals surface area contributed by atoms with Crippen molar-refractivity contribution < 1.29 is 9.59 Å². The fourth-order valence-corrected chi connectivity index (χ4v) is 3.29. The number of H-pyrrole nitrogens is 1. The zero-order chi connectivity index (χ0) is 16.1. The van der Waals surface area contributed by atoms with Gasteiger partial charge in [0.05, 0.1) is 10.0 Å². The van der Waals surface area contributed by atoms with Crippen LogP contribution in [0.5, 0.6) is 0 Å². The molecule has 1 aliphatic rings. The minimum absolute atomic E-state index is 0.140. The first-order valence-corrected chi connectivity index (χ1v) is 8.24.